The summed E-state index contributed by atoms with van der Waals surface area (Å²) in [6.07, 6.45) is 1.66. The Morgan fingerprint density at radius 2 is 2.22 bits per heavy atom. The van der Waals surface area contributed by atoms with E-state index < -0.39 is 0 Å². The third-order valence-electron chi connectivity index (χ3n) is 2.72. The molecular weight excluding hydrogens is 246 g/mol. The maximum Gasteiger partial charge on any atom is 0.153 e. The molecule has 0 N–H and O–H groups in total. The third-order valence-corrected chi connectivity index (χ3v) is 3.72. The maximum atomic E-state index is 10.9. The van der Waals surface area contributed by atoms with Crippen LogP contribution in [0.15, 0.2) is 23.7 Å². The standard InChI is InChI=1S/C14H15NO2S/c1-10-3-4-13(12(7-10)8-16)17-6-5-14-11(2)15-9-18-14/h3-4,7-9H,5-6H2,1-2H3. The topological polar surface area (TPSA) is 39.2 Å². The summed E-state index contributed by atoms with van der Waals surface area (Å²) in [4.78, 5) is 16.4. The number of aryl methyl sites for hydroxylation is 2. The van der Waals surface area contributed by atoms with Crippen molar-refractivity contribution < 1.29 is 9.53 Å². The lowest BCUT2D eigenvalue weighted by molar-refractivity contribution is 0.111. The fraction of sp³-hybridized carbons (Fsp3) is 0.286. The van der Waals surface area contributed by atoms with Gasteiger partial charge in [-0.1, -0.05) is 11.6 Å². The summed E-state index contributed by atoms with van der Waals surface area (Å²) >= 11 is 1.64. The second-order valence-electron chi connectivity index (χ2n) is 4.12. The van der Waals surface area contributed by atoms with E-state index in [1.54, 1.807) is 11.3 Å². The monoisotopic (exact) mass is 261 g/mol. The van der Waals surface area contributed by atoms with Crippen molar-refractivity contribution in [1.29, 1.82) is 0 Å². The number of aldehydes is 1. The van der Waals surface area contributed by atoms with Crippen molar-refractivity contribution in [2.75, 3.05) is 6.61 Å². The van der Waals surface area contributed by atoms with Gasteiger partial charge in [-0.25, -0.2) is 4.98 Å². The van der Waals surface area contributed by atoms with E-state index in [2.05, 4.69) is 4.98 Å². The van der Waals surface area contributed by atoms with E-state index in [0.717, 1.165) is 24.0 Å². The number of carbonyl (C=O) groups is 1. The van der Waals surface area contributed by atoms with Gasteiger partial charge in [-0.2, -0.15) is 0 Å². The molecule has 0 aliphatic heterocycles. The van der Waals surface area contributed by atoms with Gasteiger partial charge in [0, 0.05) is 11.3 Å². The molecule has 0 atom stereocenters. The zero-order valence-corrected chi connectivity index (χ0v) is 11.3. The Balaban J connectivity index is 1.98. The molecule has 94 valence electrons. The molecule has 0 amide bonds. The molecule has 0 fully saturated rings. The number of ether oxygens (including phenoxy) is 1. The zero-order chi connectivity index (χ0) is 13.0. The first-order chi connectivity index (χ1) is 8.70. The van der Waals surface area contributed by atoms with Crippen LogP contribution in [0, 0.1) is 13.8 Å². The molecule has 2 rings (SSSR count). The zero-order valence-electron chi connectivity index (χ0n) is 10.5. The van der Waals surface area contributed by atoms with Crippen molar-refractivity contribution >= 4 is 17.6 Å². The third kappa shape index (κ3) is 2.96. The van der Waals surface area contributed by atoms with E-state index in [4.69, 9.17) is 4.74 Å². The molecule has 0 radical (unpaired) electrons. The van der Waals surface area contributed by atoms with E-state index in [-0.39, 0.29) is 0 Å². The summed E-state index contributed by atoms with van der Waals surface area (Å²) in [5.74, 6) is 0.651. The largest absolute Gasteiger partial charge is 0.492 e. The summed E-state index contributed by atoms with van der Waals surface area (Å²) in [7, 11) is 0. The van der Waals surface area contributed by atoms with Crippen LogP contribution in [0.3, 0.4) is 0 Å². The maximum absolute atomic E-state index is 10.9. The molecule has 0 aliphatic rings. The lowest BCUT2D eigenvalue weighted by Crippen LogP contribution is -2.03. The fourth-order valence-corrected chi connectivity index (χ4v) is 2.47. The van der Waals surface area contributed by atoms with E-state index in [1.165, 1.54) is 4.88 Å². The van der Waals surface area contributed by atoms with Gasteiger partial charge in [-0.05, 0) is 26.0 Å². The molecule has 0 unspecified atom stereocenters. The van der Waals surface area contributed by atoms with Gasteiger partial charge in [0.15, 0.2) is 6.29 Å². The minimum absolute atomic E-state index is 0.562. The Bertz CT molecular complexity index is 548. The number of nitrogens with zero attached hydrogens (tertiary/aromatic N) is 1. The molecule has 0 spiro atoms. The van der Waals surface area contributed by atoms with Crippen LogP contribution in [0.25, 0.3) is 0 Å². The van der Waals surface area contributed by atoms with Crippen LogP contribution >= 0.6 is 11.3 Å². The van der Waals surface area contributed by atoms with Gasteiger partial charge >= 0.3 is 0 Å². The number of hydrogen-bond acceptors (Lipinski definition) is 4. The van der Waals surface area contributed by atoms with Crippen LogP contribution in [-0.2, 0) is 6.42 Å². The van der Waals surface area contributed by atoms with Gasteiger partial charge in [-0.15, -0.1) is 11.3 Å². The highest BCUT2D eigenvalue weighted by atomic mass is 32.1. The van der Waals surface area contributed by atoms with Crippen LogP contribution in [0.2, 0.25) is 0 Å². The number of aromatic nitrogens is 1. The highest BCUT2D eigenvalue weighted by Gasteiger charge is 2.05. The fourth-order valence-electron chi connectivity index (χ4n) is 1.71. The van der Waals surface area contributed by atoms with Gasteiger partial charge in [0.1, 0.15) is 5.75 Å². The number of hydrogen-bond donors (Lipinski definition) is 0. The SMILES string of the molecule is Cc1ccc(OCCc2scnc2C)c(C=O)c1. The summed E-state index contributed by atoms with van der Waals surface area (Å²) in [6.45, 7) is 4.51. The van der Waals surface area contributed by atoms with E-state index in [0.29, 0.717) is 17.9 Å². The van der Waals surface area contributed by atoms with E-state index in [9.17, 15) is 4.79 Å². The van der Waals surface area contributed by atoms with Crippen molar-refractivity contribution in [1.82, 2.24) is 4.98 Å². The number of carbonyl (C=O) groups excluding carboxylic acids is 1. The van der Waals surface area contributed by atoms with Gasteiger partial charge in [0.25, 0.3) is 0 Å². The van der Waals surface area contributed by atoms with E-state index in [1.807, 2.05) is 37.6 Å². The first kappa shape index (κ1) is 12.8. The molecule has 1 heterocycles. The molecule has 0 saturated heterocycles. The van der Waals surface area contributed by atoms with Crippen LogP contribution in [-0.4, -0.2) is 17.9 Å². The van der Waals surface area contributed by atoms with Crippen LogP contribution in [0.5, 0.6) is 5.75 Å². The Hall–Kier alpha value is -1.68. The predicted octanol–water partition coefficient (Wildman–Crippen LogP) is 3.19. The molecular formula is C14H15NO2S. The molecule has 2 aromatic rings. The van der Waals surface area contributed by atoms with Crippen LogP contribution in [0.1, 0.15) is 26.5 Å². The predicted molar refractivity (Wildman–Crippen MR) is 72.6 cm³/mol. The van der Waals surface area contributed by atoms with Crippen molar-refractivity contribution in [3.63, 3.8) is 0 Å². The van der Waals surface area contributed by atoms with Crippen molar-refractivity contribution in [2.24, 2.45) is 0 Å². The highest BCUT2D eigenvalue weighted by Crippen LogP contribution is 2.19. The Morgan fingerprint density at radius 1 is 1.39 bits per heavy atom. The normalized spacial score (nSPS) is 10.3. The van der Waals surface area contributed by atoms with E-state index >= 15 is 0 Å². The lowest BCUT2D eigenvalue weighted by atomic mass is 10.1. The van der Waals surface area contributed by atoms with Crippen molar-refractivity contribution in [3.8, 4) is 5.75 Å². The Kier molecular flexibility index (Phi) is 4.10. The summed E-state index contributed by atoms with van der Waals surface area (Å²) < 4.78 is 5.66. The molecule has 0 bridgehead atoms. The number of rotatable bonds is 5. The van der Waals surface area contributed by atoms with Gasteiger partial charge in [0.2, 0.25) is 0 Å². The first-order valence-corrected chi connectivity index (χ1v) is 6.66. The molecule has 4 heteroatoms. The van der Waals surface area contributed by atoms with Gasteiger partial charge < -0.3 is 4.74 Å². The van der Waals surface area contributed by atoms with Crippen molar-refractivity contribution in [2.45, 2.75) is 20.3 Å². The van der Waals surface area contributed by atoms with Crippen molar-refractivity contribution in [3.05, 3.63) is 45.4 Å². The second-order valence-corrected chi connectivity index (χ2v) is 5.06. The molecule has 1 aromatic heterocycles. The minimum atomic E-state index is 0.562. The quantitative estimate of drug-likeness (QED) is 0.776. The van der Waals surface area contributed by atoms with Gasteiger partial charge in [-0.3, -0.25) is 4.79 Å². The Morgan fingerprint density at radius 3 is 2.89 bits per heavy atom. The minimum Gasteiger partial charge on any atom is -0.492 e. The van der Waals surface area contributed by atoms with Gasteiger partial charge in [0.05, 0.1) is 23.4 Å². The Labute approximate surface area is 110 Å². The molecule has 1 aromatic carbocycles. The summed E-state index contributed by atoms with van der Waals surface area (Å²) in [6, 6.07) is 5.62. The molecule has 3 nitrogen and oxygen atoms in total. The second kappa shape index (κ2) is 5.78. The van der Waals surface area contributed by atoms with Crippen LogP contribution in [0.4, 0.5) is 0 Å². The number of benzene rings is 1. The average Bonchev–Trinajstić information content (AvgIpc) is 2.77. The summed E-state index contributed by atoms with van der Waals surface area (Å²) in [5, 5.41) is 0. The molecule has 0 aliphatic carbocycles. The average molecular weight is 261 g/mol. The highest BCUT2D eigenvalue weighted by molar-refractivity contribution is 7.09. The first-order valence-electron chi connectivity index (χ1n) is 5.78. The summed E-state index contributed by atoms with van der Waals surface area (Å²) in [5.41, 5.74) is 4.56. The smallest absolute Gasteiger partial charge is 0.153 e. The molecule has 18 heavy (non-hydrogen) atoms. The lowest BCUT2D eigenvalue weighted by Gasteiger charge is -2.08. The molecule has 0 saturated carbocycles. The van der Waals surface area contributed by atoms with Crippen LogP contribution < -0.4 is 4.74 Å². The number of thiazole rings is 1.